The highest BCUT2D eigenvalue weighted by Crippen LogP contribution is 2.56. The minimum absolute atomic E-state index is 0.490. The van der Waals surface area contributed by atoms with Crippen molar-refractivity contribution in [1.82, 2.24) is 0 Å². The van der Waals surface area contributed by atoms with Gasteiger partial charge in [-0.05, 0) is 76.5 Å². The maximum absolute atomic E-state index is 5.92. The third-order valence-electron chi connectivity index (χ3n) is 6.42. The molecule has 3 heteroatoms. The normalized spacial score (nSPS) is 25.9. The van der Waals surface area contributed by atoms with Crippen LogP contribution in [0.2, 0.25) is 0 Å². The summed E-state index contributed by atoms with van der Waals surface area (Å²) in [5.74, 6) is 0.826. The van der Waals surface area contributed by atoms with Gasteiger partial charge in [0.2, 0.25) is 0 Å². The Morgan fingerprint density at radius 3 is 2.08 bits per heavy atom. The standard InChI is InChI=1S/C23H42O3/c1-5-9-10-12-21(22-17-14-20(19-22)15-18-22)13-11-16-23(24-6-2,25-7-3)26-8-4/h14,17,20-21H,5-13,15-16,18-19H2,1-4H3. The summed E-state index contributed by atoms with van der Waals surface area (Å²) >= 11 is 0. The summed E-state index contributed by atoms with van der Waals surface area (Å²) in [5, 5.41) is 0. The highest BCUT2D eigenvalue weighted by atomic mass is 16.9. The molecule has 1 saturated carbocycles. The Morgan fingerprint density at radius 2 is 1.62 bits per heavy atom. The molecule has 1 fully saturated rings. The summed E-state index contributed by atoms with van der Waals surface area (Å²) < 4.78 is 17.8. The van der Waals surface area contributed by atoms with E-state index < -0.39 is 5.97 Å². The average Bonchev–Trinajstić information content (AvgIpc) is 3.23. The Hall–Kier alpha value is -0.380. The highest BCUT2D eigenvalue weighted by Gasteiger charge is 2.45. The van der Waals surface area contributed by atoms with Crippen LogP contribution in [0, 0.1) is 17.3 Å². The Bertz CT molecular complexity index is 403. The van der Waals surface area contributed by atoms with Crippen LogP contribution in [0.15, 0.2) is 12.2 Å². The second-order valence-corrected chi connectivity index (χ2v) is 8.16. The van der Waals surface area contributed by atoms with Crippen LogP contribution in [0.3, 0.4) is 0 Å². The van der Waals surface area contributed by atoms with E-state index in [1.165, 1.54) is 51.4 Å². The third-order valence-corrected chi connectivity index (χ3v) is 6.42. The van der Waals surface area contributed by atoms with Crippen molar-refractivity contribution in [2.45, 2.75) is 97.9 Å². The molecule has 0 N–H and O–H groups in total. The van der Waals surface area contributed by atoms with Crippen LogP contribution in [0.1, 0.15) is 91.9 Å². The molecule has 0 aromatic carbocycles. The summed E-state index contributed by atoms with van der Waals surface area (Å²) in [5.41, 5.74) is 0.490. The number of fused-ring (bicyclic) bond motifs is 2. The Kier molecular flexibility index (Phi) is 9.12. The smallest absolute Gasteiger partial charge is 0.282 e. The first kappa shape index (κ1) is 21.9. The van der Waals surface area contributed by atoms with E-state index in [1.807, 2.05) is 20.8 Å². The molecular formula is C23H42O3. The zero-order chi connectivity index (χ0) is 18.9. The predicted octanol–water partition coefficient (Wildman–Crippen LogP) is 6.47. The van der Waals surface area contributed by atoms with Crippen molar-refractivity contribution in [2.24, 2.45) is 17.3 Å². The first-order valence-electron chi connectivity index (χ1n) is 11.2. The Morgan fingerprint density at radius 1 is 0.962 bits per heavy atom. The number of rotatable bonds is 15. The van der Waals surface area contributed by atoms with Crippen LogP contribution in [0.4, 0.5) is 0 Å². The SMILES string of the molecule is CCCCCC(CCCC(OCC)(OCC)OCC)C12C=CC(CC1)C2. The Labute approximate surface area is 161 Å². The summed E-state index contributed by atoms with van der Waals surface area (Å²) in [7, 11) is 0. The number of hydrogen-bond donors (Lipinski definition) is 0. The van der Waals surface area contributed by atoms with Gasteiger partial charge in [0.15, 0.2) is 0 Å². The van der Waals surface area contributed by atoms with Gasteiger partial charge in [0, 0.05) is 26.2 Å². The molecule has 2 rings (SSSR count). The van der Waals surface area contributed by atoms with E-state index in [0.29, 0.717) is 25.2 Å². The van der Waals surface area contributed by atoms with Crippen LogP contribution >= 0.6 is 0 Å². The van der Waals surface area contributed by atoms with Crippen molar-refractivity contribution in [3.8, 4) is 0 Å². The second-order valence-electron chi connectivity index (χ2n) is 8.16. The van der Waals surface area contributed by atoms with Gasteiger partial charge < -0.3 is 14.2 Å². The number of allylic oxidation sites excluding steroid dienone is 2. The lowest BCUT2D eigenvalue weighted by Crippen LogP contribution is -2.39. The highest BCUT2D eigenvalue weighted by molar-refractivity contribution is 5.17. The van der Waals surface area contributed by atoms with Crippen molar-refractivity contribution in [2.75, 3.05) is 19.8 Å². The third kappa shape index (κ3) is 5.56. The molecule has 2 aliphatic rings. The summed E-state index contributed by atoms with van der Waals surface area (Å²) in [6.07, 6.45) is 17.9. The van der Waals surface area contributed by atoms with Gasteiger partial charge in [-0.15, -0.1) is 0 Å². The maximum atomic E-state index is 5.92. The molecule has 0 aliphatic heterocycles. The van der Waals surface area contributed by atoms with Crippen molar-refractivity contribution < 1.29 is 14.2 Å². The molecule has 0 heterocycles. The van der Waals surface area contributed by atoms with E-state index in [9.17, 15) is 0 Å². The van der Waals surface area contributed by atoms with Gasteiger partial charge in [-0.2, -0.15) is 0 Å². The zero-order valence-electron chi connectivity index (χ0n) is 17.7. The summed E-state index contributed by atoms with van der Waals surface area (Å²) in [6.45, 7) is 10.2. The molecule has 26 heavy (non-hydrogen) atoms. The van der Waals surface area contributed by atoms with Crippen molar-refractivity contribution >= 4 is 0 Å². The van der Waals surface area contributed by atoms with Crippen LogP contribution in [0.25, 0.3) is 0 Å². The summed E-state index contributed by atoms with van der Waals surface area (Å²) in [4.78, 5) is 0. The minimum atomic E-state index is -0.840. The molecule has 3 atom stereocenters. The van der Waals surface area contributed by atoms with Gasteiger partial charge in [-0.25, -0.2) is 0 Å². The molecule has 0 aromatic heterocycles. The molecule has 0 spiro atoms. The molecule has 3 unspecified atom stereocenters. The number of hydrogen-bond acceptors (Lipinski definition) is 3. The minimum Gasteiger partial charge on any atom is -0.328 e. The monoisotopic (exact) mass is 366 g/mol. The molecular weight excluding hydrogens is 324 g/mol. The number of unbranched alkanes of at least 4 members (excludes halogenated alkanes) is 2. The van der Waals surface area contributed by atoms with Gasteiger partial charge in [0.25, 0.3) is 5.97 Å². The van der Waals surface area contributed by atoms with E-state index in [2.05, 4.69) is 19.1 Å². The average molecular weight is 367 g/mol. The van der Waals surface area contributed by atoms with Gasteiger partial charge in [-0.1, -0.05) is 38.3 Å². The molecule has 2 aliphatic carbocycles. The zero-order valence-corrected chi connectivity index (χ0v) is 17.7. The molecule has 0 aromatic rings. The molecule has 152 valence electrons. The van der Waals surface area contributed by atoms with E-state index in [4.69, 9.17) is 14.2 Å². The van der Waals surface area contributed by atoms with Gasteiger partial charge in [0.05, 0.1) is 0 Å². The molecule has 0 amide bonds. The second kappa shape index (κ2) is 10.8. The van der Waals surface area contributed by atoms with Crippen LogP contribution < -0.4 is 0 Å². The van der Waals surface area contributed by atoms with E-state index in [1.54, 1.807) is 0 Å². The fourth-order valence-corrected chi connectivity index (χ4v) is 5.22. The maximum Gasteiger partial charge on any atom is 0.282 e. The fraction of sp³-hybridized carbons (Fsp3) is 0.913. The lowest BCUT2D eigenvalue weighted by molar-refractivity contribution is -0.380. The quantitative estimate of drug-likeness (QED) is 0.189. The van der Waals surface area contributed by atoms with E-state index >= 15 is 0 Å². The first-order valence-corrected chi connectivity index (χ1v) is 11.2. The van der Waals surface area contributed by atoms with Crippen molar-refractivity contribution in [3.05, 3.63) is 12.2 Å². The Balaban J connectivity index is 1.95. The lowest BCUT2D eigenvalue weighted by atomic mass is 9.70. The topological polar surface area (TPSA) is 27.7 Å². The molecule has 0 saturated heterocycles. The molecule has 3 nitrogen and oxygen atoms in total. The molecule has 2 bridgehead atoms. The van der Waals surface area contributed by atoms with E-state index in [0.717, 1.165) is 24.7 Å². The number of ether oxygens (including phenoxy) is 3. The van der Waals surface area contributed by atoms with Gasteiger partial charge >= 0.3 is 0 Å². The van der Waals surface area contributed by atoms with Crippen LogP contribution in [-0.4, -0.2) is 25.8 Å². The largest absolute Gasteiger partial charge is 0.328 e. The predicted molar refractivity (Wildman–Crippen MR) is 108 cm³/mol. The van der Waals surface area contributed by atoms with Crippen molar-refractivity contribution in [3.63, 3.8) is 0 Å². The van der Waals surface area contributed by atoms with Crippen LogP contribution in [-0.2, 0) is 14.2 Å². The first-order chi connectivity index (χ1) is 12.6. The van der Waals surface area contributed by atoms with Gasteiger partial charge in [0.1, 0.15) is 0 Å². The van der Waals surface area contributed by atoms with Crippen LogP contribution in [0.5, 0.6) is 0 Å². The lowest BCUT2D eigenvalue weighted by Gasteiger charge is -2.36. The fourth-order valence-electron chi connectivity index (χ4n) is 5.22. The van der Waals surface area contributed by atoms with Gasteiger partial charge in [-0.3, -0.25) is 0 Å². The van der Waals surface area contributed by atoms with E-state index in [-0.39, 0.29) is 0 Å². The molecule has 0 radical (unpaired) electrons. The summed E-state index contributed by atoms with van der Waals surface area (Å²) in [6, 6.07) is 0. The van der Waals surface area contributed by atoms with Crippen molar-refractivity contribution in [1.29, 1.82) is 0 Å².